The molecule has 0 aliphatic carbocycles. The minimum absolute atomic E-state index is 0.291. The number of pyridine rings is 1. The van der Waals surface area contributed by atoms with Crippen molar-refractivity contribution in [2.45, 2.75) is 32.2 Å². The molecule has 0 spiro atoms. The summed E-state index contributed by atoms with van der Waals surface area (Å²) >= 11 is 0. The molecule has 0 bridgehead atoms. The molecule has 7 nitrogen and oxygen atoms in total. The molecule has 0 saturated carbocycles. The molecule has 33 heavy (non-hydrogen) atoms. The van der Waals surface area contributed by atoms with Gasteiger partial charge in [0.1, 0.15) is 28.8 Å². The van der Waals surface area contributed by atoms with Crippen LogP contribution in [0, 0.1) is 18.6 Å². The van der Waals surface area contributed by atoms with E-state index in [1.165, 1.54) is 12.3 Å². The maximum atomic E-state index is 14.7. The number of anilines is 2. The predicted molar refractivity (Wildman–Crippen MR) is 120 cm³/mol. The Balaban J connectivity index is 1.50. The molecule has 1 aromatic carbocycles. The number of aromatic nitrogens is 4. The highest BCUT2D eigenvalue weighted by molar-refractivity contribution is 6.04. The van der Waals surface area contributed by atoms with E-state index in [2.05, 4.69) is 15.4 Å². The number of amides is 1. The molecular weight excluding hydrogens is 426 g/mol. The van der Waals surface area contributed by atoms with Crippen LogP contribution in [-0.2, 0) is 5.54 Å². The zero-order valence-electron chi connectivity index (χ0n) is 18.2. The number of halogens is 2. The van der Waals surface area contributed by atoms with Crippen molar-refractivity contribution in [2.24, 2.45) is 0 Å². The van der Waals surface area contributed by atoms with Gasteiger partial charge < -0.3 is 10.2 Å². The van der Waals surface area contributed by atoms with E-state index in [1.54, 1.807) is 28.9 Å². The molecule has 168 valence electrons. The third-order valence-corrected chi connectivity index (χ3v) is 6.15. The molecule has 1 atom stereocenters. The molecule has 3 aromatic heterocycles. The first kappa shape index (κ1) is 21.0. The van der Waals surface area contributed by atoms with Gasteiger partial charge in [-0.15, -0.1) is 0 Å². The van der Waals surface area contributed by atoms with Crippen LogP contribution in [0.4, 0.5) is 20.3 Å². The van der Waals surface area contributed by atoms with Gasteiger partial charge in [-0.3, -0.25) is 4.79 Å². The topological polar surface area (TPSA) is 75.4 Å². The summed E-state index contributed by atoms with van der Waals surface area (Å²) in [5, 5.41) is 7.08. The lowest BCUT2D eigenvalue weighted by atomic mass is 9.88. The summed E-state index contributed by atoms with van der Waals surface area (Å²) in [5.41, 5.74) is 1.45. The Morgan fingerprint density at radius 3 is 2.82 bits per heavy atom. The van der Waals surface area contributed by atoms with E-state index in [9.17, 15) is 13.6 Å². The quantitative estimate of drug-likeness (QED) is 0.498. The molecule has 1 saturated heterocycles. The molecule has 9 heteroatoms. The van der Waals surface area contributed by atoms with Crippen molar-refractivity contribution in [1.82, 2.24) is 19.6 Å². The summed E-state index contributed by atoms with van der Waals surface area (Å²) in [6, 6.07) is 10.5. The number of aryl methyl sites for hydroxylation is 1. The van der Waals surface area contributed by atoms with Gasteiger partial charge in [0.25, 0.3) is 5.91 Å². The molecule has 1 aliphatic heterocycles. The van der Waals surface area contributed by atoms with Gasteiger partial charge in [0.15, 0.2) is 5.65 Å². The van der Waals surface area contributed by atoms with Crippen LogP contribution >= 0.6 is 0 Å². The Morgan fingerprint density at radius 1 is 1.15 bits per heavy atom. The van der Waals surface area contributed by atoms with Crippen LogP contribution < -0.4 is 10.2 Å². The molecular formula is C24H22F2N6O. The highest BCUT2D eigenvalue weighted by Crippen LogP contribution is 2.42. The summed E-state index contributed by atoms with van der Waals surface area (Å²) in [7, 11) is 0. The number of carbonyl (C=O) groups is 1. The number of nitrogens with one attached hydrogen (secondary N) is 1. The number of hydrogen-bond acceptors (Lipinski definition) is 5. The van der Waals surface area contributed by atoms with Crippen molar-refractivity contribution in [3.05, 3.63) is 83.4 Å². The van der Waals surface area contributed by atoms with Crippen LogP contribution in [-0.4, -0.2) is 32.0 Å². The fraction of sp³-hybridized carbons (Fsp3) is 0.250. The summed E-state index contributed by atoms with van der Waals surface area (Å²) < 4.78 is 30.2. The lowest BCUT2D eigenvalue weighted by molar-refractivity contribution is 0.102. The van der Waals surface area contributed by atoms with Gasteiger partial charge in [0.2, 0.25) is 0 Å². The number of nitrogens with zero attached hydrogens (tertiary/aromatic N) is 5. The molecule has 0 unspecified atom stereocenters. The molecule has 1 aliphatic rings. The lowest BCUT2D eigenvalue weighted by Gasteiger charge is -2.37. The fourth-order valence-electron chi connectivity index (χ4n) is 4.47. The number of rotatable bonds is 4. The summed E-state index contributed by atoms with van der Waals surface area (Å²) in [5.74, 6) is -0.701. The average Bonchev–Trinajstić information content (AvgIpc) is 3.39. The third kappa shape index (κ3) is 3.69. The number of fused-ring (bicyclic) bond motifs is 1. The Labute approximate surface area is 189 Å². The zero-order chi connectivity index (χ0) is 23.2. The average molecular weight is 448 g/mol. The van der Waals surface area contributed by atoms with E-state index in [0.717, 1.165) is 24.2 Å². The van der Waals surface area contributed by atoms with Gasteiger partial charge in [0, 0.05) is 24.0 Å². The highest BCUT2D eigenvalue weighted by Gasteiger charge is 2.41. The summed E-state index contributed by atoms with van der Waals surface area (Å²) in [6.45, 7) is 4.35. The molecule has 0 radical (unpaired) electrons. The third-order valence-electron chi connectivity index (χ3n) is 6.15. The van der Waals surface area contributed by atoms with Gasteiger partial charge in [-0.1, -0.05) is 6.07 Å². The SMILES string of the molecule is Cc1cccc(C(=O)Nc2cnn3ccc(N4CCC[C@]4(C)c4cc(F)ccc4F)nc23)n1. The van der Waals surface area contributed by atoms with Crippen LogP contribution in [0.2, 0.25) is 0 Å². The summed E-state index contributed by atoms with van der Waals surface area (Å²) in [6.07, 6.45) is 4.72. The van der Waals surface area contributed by atoms with Crippen molar-refractivity contribution in [1.29, 1.82) is 0 Å². The van der Waals surface area contributed by atoms with E-state index in [-0.39, 0.29) is 5.91 Å². The molecule has 1 amide bonds. The molecule has 1 fully saturated rings. The Kier molecular flexibility index (Phi) is 5.03. The van der Waals surface area contributed by atoms with Crippen LogP contribution in [0.3, 0.4) is 0 Å². The smallest absolute Gasteiger partial charge is 0.274 e. The maximum Gasteiger partial charge on any atom is 0.274 e. The summed E-state index contributed by atoms with van der Waals surface area (Å²) in [4.78, 5) is 23.6. The van der Waals surface area contributed by atoms with E-state index < -0.39 is 17.2 Å². The van der Waals surface area contributed by atoms with Gasteiger partial charge >= 0.3 is 0 Å². The lowest BCUT2D eigenvalue weighted by Crippen LogP contribution is -2.40. The van der Waals surface area contributed by atoms with Crippen molar-refractivity contribution < 1.29 is 13.6 Å². The number of benzene rings is 1. The van der Waals surface area contributed by atoms with Gasteiger partial charge in [-0.25, -0.2) is 23.3 Å². The second-order valence-corrected chi connectivity index (χ2v) is 8.38. The number of hydrogen-bond donors (Lipinski definition) is 1. The van der Waals surface area contributed by atoms with Crippen molar-refractivity contribution in [2.75, 3.05) is 16.8 Å². The standard InChI is InChI=1S/C24H22F2N6O/c1-15-5-3-6-19(28-15)23(33)29-20-14-27-32-12-9-21(30-22(20)32)31-11-4-10-24(31,2)17-13-16(25)7-8-18(17)26/h3,5-9,12-14H,4,10-11H2,1-2H3,(H,29,33)/t24-/m1/s1. The first-order chi connectivity index (χ1) is 15.8. The van der Waals surface area contributed by atoms with Crippen molar-refractivity contribution in [3.8, 4) is 0 Å². The highest BCUT2D eigenvalue weighted by atomic mass is 19.1. The van der Waals surface area contributed by atoms with E-state index in [4.69, 9.17) is 4.98 Å². The van der Waals surface area contributed by atoms with Crippen LogP contribution in [0.5, 0.6) is 0 Å². The first-order valence-corrected chi connectivity index (χ1v) is 10.7. The molecule has 4 aromatic rings. The van der Waals surface area contributed by atoms with E-state index in [0.29, 0.717) is 41.4 Å². The second-order valence-electron chi connectivity index (χ2n) is 8.38. The fourth-order valence-corrected chi connectivity index (χ4v) is 4.47. The van der Waals surface area contributed by atoms with Crippen molar-refractivity contribution >= 4 is 23.1 Å². The van der Waals surface area contributed by atoms with Crippen LogP contribution in [0.25, 0.3) is 5.65 Å². The largest absolute Gasteiger partial charge is 0.347 e. The van der Waals surface area contributed by atoms with Crippen LogP contribution in [0.1, 0.15) is 41.5 Å². The number of carbonyl (C=O) groups excluding carboxylic acids is 1. The van der Waals surface area contributed by atoms with Crippen LogP contribution in [0.15, 0.2) is 54.9 Å². The Hall–Kier alpha value is -3.88. The molecule has 4 heterocycles. The minimum Gasteiger partial charge on any atom is -0.347 e. The maximum absolute atomic E-state index is 14.7. The van der Waals surface area contributed by atoms with Gasteiger partial charge in [-0.2, -0.15) is 5.10 Å². The Morgan fingerprint density at radius 2 is 2.00 bits per heavy atom. The molecule has 5 rings (SSSR count). The monoisotopic (exact) mass is 448 g/mol. The predicted octanol–water partition coefficient (Wildman–Crippen LogP) is 4.48. The van der Waals surface area contributed by atoms with E-state index in [1.807, 2.05) is 24.8 Å². The van der Waals surface area contributed by atoms with Crippen molar-refractivity contribution in [3.63, 3.8) is 0 Å². The normalized spacial score (nSPS) is 18.1. The molecule has 1 N–H and O–H groups in total. The second kappa shape index (κ2) is 7.91. The van der Waals surface area contributed by atoms with E-state index >= 15 is 0 Å². The first-order valence-electron chi connectivity index (χ1n) is 10.7. The minimum atomic E-state index is -0.757. The zero-order valence-corrected chi connectivity index (χ0v) is 18.2. The Bertz CT molecular complexity index is 1370. The van der Waals surface area contributed by atoms with Gasteiger partial charge in [-0.05, 0) is 63.1 Å². The van der Waals surface area contributed by atoms with Gasteiger partial charge in [0.05, 0.1) is 11.7 Å².